The fourth-order valence-electron chi connectivity index (χ4n) is 2.10. The highest BCUT2D eigenvalue weighted by Crippen LogP contribution is 2.46. The molecule has 1 saturated carbocycles. The van der Waals surface area contributed by atoms with Crippen LogP contribution < -0.4 is 5.32 Å². The van der Waals surface area contributed by atoms with E-state index in [0.29, 0.717) is 6.54 Å². The van der Waals surface area contributed by atoms with Crippen molar-refractivity contribution in [1.82, 2.24) is 10.3 Å². The van der Waals surface area contributed by atoms with Crippen molar-refractivity contribution in [3.63, 3.8) is 0 Å². The Bertz CT molecular complexity index is 532. The van der Waals surface area contributed by atoms with Crippen molar-refractivity contribution in [2.24, 2.45) is 0 Å². The van der Waals surface area contributed by atoms with E-state index in [1.165, 1.54) is 11.3 Å². The number of nitrogens with one attached hydrogen (secondary N) is 1. The zero-order valence-electron chi connectivity index (χ0n) is 9.93. The van der Waals surface area contributed by atoms with Gasteiger partial charge in [0.2, 0.25) is 0 Å². The van der Waals surface area contributed by atoms with Gasteiger partial charge in [0.05, 0.1) is 4.88 Å². The van der Waals surface area contributed by atoms with Crippen LogP contribution in [-0.4, -0.2) is 17.4 Å². The molecule has 1 aliphatic rings. The summed E-state index contributed by atoms with van der Waals surface area (Å²) < 4.78 is 0. The van der Waals surface area contributed by atoms with Crippen LogP contribution in [0.15, 0.2) is 41.9 Å². The van der Waals surface area contributed by atoms with Gasteiger partial charge in [0.15, 0.2) is 0 Å². The van der Waals surface area contributed by atoms with Gasteiger partial charge in [-0.15, -0.1) is 11.3 Å². The maximum atomic E-state index is 11.9. The van der Waals surface area contributed by atoms with Crippen molar-refractivity contribution < 1.29 is 4.79 Å². The predicted molar refractivity (Wildman–Crippen MR) is 71.8 cm³/mol. The minimum Gasteiger partial charge on any atom is -0.350 e. The van der Waals surface area contributed by atoms with Gasteiger partial charge >= 0.3 is 0 Å². The van der Waals surface area contributed by atoms with Crippen molar-refractivity contribution in [2.45, 2.75) is 18.3 Å². The number of carbonyl (C=O) groups is 1. The van der Waals surface area contributed by atoms with Gasteiger partial charge in [-0.05, 0) is 36.4 Å². The Balaban J connectivity index is 1.66. The van der Waals surface area contributed by atoms with Crippen molar-refractivity contribution in [1.29, 1.82) is 0 Å². The molecule has 1 N–H and O–H groups in total. The molecule has 0 unspecified atom stereocenters. The zero-order valence-corrected chi connectivity index (χ0v) is 10.7. The second kappa shape index (κ2) is 4.53. The lowest BCUT2D eigenvalue weighted by molar-refractivity contribution is 0.0953. The normalized spacial score (nSPS) is 16.2. The van der Waals surface area contributed by atoms with E-state index in [4.69, 9.17) is 0 Å². The van der Waals surface area contributed by atoms with Crippen LogP contribution in [0.2, 0.25) is 0 Å². The summed E-state index contributed by atoms with van der Waals surface area (Å²) in [6.45, 7) is 0.681. The van der Waals surface area contributed by atoms with Gasteiger partial charge in [-0.2, -0.15) is 0 Å². The molecular formula is C14H14N2OS. The average Bonchev–Trinajstić information content (AvgIpc) is 3.01. The third-order valence-corrected chi connectivity index (χ3v) is 4.26. The van der Waals surface area contributed by atoms with Crippen LogP contribution in [-0.2, 0) is 5.41 Å². The second-order valence-corrected chi connectivity index (χ2v) is 5.60. The number of aromatic nitrogens is 1. The summed E-state index contributed by atoms with van der Waals surface area (Å²) >= 11 is 1.47. The highest BCUT2D eigenvalue weighted by atomic mass is 32.1. The molecule has 3 nitrogen and oxygen atoms in total. The smallest absolute Gasteiger partial charge is 0.261 e. The number of carbonyl (C=O) groups excluding carboxylic acids is 1. The van der Waals surface area contributed by atoms with Gasteiger partial charge in [-0.3, -0.25) is 9.78 Å². The lowest BCUT2D eigenvalue weighted by Crippen LogP contribution is -2.32. The van der Waals surface area contributed by atoms with Crippen molar-refractivity contribution in [3.8, 4) is 0 Å². The Morgan fingerprint density at radius 1 is 1.33 bits per heavy atom. The summed E-state index contributed by atoms with van der Waals surface area (Å²) in [5, 5.41) is 4.94. The SMILES string of the molecule is O=C(NCC1(c2ccccn2)CC1)c1cccs1. The summed E-state index contributed by atoms with van der Waals surface area (Å²) in [5.41, 5.74) is 1.17. The predicted octanol–water partition coefficient (Wildman–Crippen LogP) is 2.60. The largest absolute Gasteiger partial charge is 0.350 e. The highest BCUT2D eigenvalue weighted by molar-refractivity contribution is 7.12. The molecule has 2 aromatic rings. The van der Waals surface area contributed by atoms with Crippen molar-refractivity contribution in [3.05, 3.63) is 52.5 Å². The summed E-state index contributed by atoms with van der Waals surface area (Å²) in [6.07, 6.45) is 4.03. The lowest BCUT2D eigenvalue weighted by Gasteiger charge is -2.14. The molecule has 92 valence electrons. The Morgan fingerprint density at radius 2 is 2.22 bits per heavy atom. The van der Waals surface area contributed by atoms with Gasteiger partial charge in [-0.1, -0.05) is 12.1 Å². The summed E-state index contributed by atoms with van der Waals surface area (Å²) in [7, 11) is 0. The van der Waals surface area contributed by atoms with E-state index < -0.39 is 0 Å². The Labute approximate surface area is 110 Å². The van der Waals surface area contributed by atoms with Crippen LogP contribution in [0.3, 0.4) is 0 Å². The fraction of sp³-hybridized carbons (Fsp3) is 0.286. The van der Waals surface area contributed by atoms with Gasteiger partial charge in [0.25, 0.3) is 5.91 Å². The lowest BCUT2D eigenvalue weighted by atomic mass is 10.0. The van der Waals surface area contributed by atoms with Crippen LogP contribution in [0.25, 0.3) is 0 Å². The molecule has 0 atom stereocenters. The Hall–Kier alpha value is -1.68. The topological polar surface area (TPSA) is 42.0 Å². The van der Waals surface area contributed by atoms with E-state index in [1.807, 2.05) is 41.9 Å². The third kappa shape index (κ3) is 2.16. The number of rotatable bonds is 4. The van der Waals surface area contributed by atoms with Gasteiger partial charge in [0.1, 0.15) is 0 Å². The molecular weight excluding hydrogens is 244 g/mol. The van der Waals surface area contributed by atoms with E-state index in [-0.39, 0.29) is 11.3 Å². The van der Waals surface area contributed by atoms with Crippen molar-refractivity contribution >= 4 is 17.2 Å². The first-order valence-corrected chi connectivity index (χ1v) is 6.91. The number of hydrogen-bond acceptors (Lipinski definition) is 3. The molecule has 2 heterocycles. The Kier molecular flexibility index (Phi) is 2.88. The second-order valence-electron chi connectivity index (χ2n) is 4.66. The maximum Gasteiger partial charge on any atom is 0.261 e. The average molecular weight is 258 g/mol. The molecule has 0 aromatic carbocycles. The third-order valence-electron chi connectivity index (χ3n) is 3.39. The minimum absolute atomic E-state index is 0.0206. The number of nitrogens with zero attached hydrogens (tertiary/aromatic N) is 1. The molecule has 1 aliphatic carbocycles. The van der Waals surface area contributed by atoms with E-state index >= 15 is 0 Å². The molecule has 0 radical (unpaired) electrons. The van der Waals surface area contributed by atoms with Crippen LogP contribution in [0.5, 0.6) is 0 Å². The van der Waals surface area contributed by atoms with Gasteiger partial charge < -0.3 is 5.32 Å². The van der Waals surface area contributed by atoms with Crippen LogP contribution in [0, 0.1) is 0 Å². The maximum absolute atomic E-state index is 11.9. The molecule has 0 bridgehead atoms. The molecule has 4 heteroatoms. The molecule has 0 saturated heterocycles. The molecule has 3 rings (SSSR count). The first-order valence-electron chi connectivity index (χ1n) is 6.03. The quantitative estimate of drug-likeness (QED) is 0.916. The number of thiophene rings is 1. The van der Waals surface area contributed by atoms with E-state index in [0.717, 1.165) is 23.4 Å². The number of hydrogen-bond donors (Lipinski definition) is 1. The first kappa shape index (κ1) is 11.4. The van der Waals surface area contributed by atoms with Crippen molar-refractivity contribution in [2.75, 3.05) is 6.54 Å². The summed E-state index contributed by atoms with van der Waals surface area (Å²) in [5.74, 6) is 0.0206. The number of amides is 1. The summed E-state index contributed by atoms with van der Waals surface area (Å²) in [4.78, 5) is 17.1. The standard InChI is InChI=1S/C14H14N2OS/c17-13(11-4-3-9-18-11)16-10-14(6-7-14)12-5-1-2-8-15-12/h1-5,8-9H,6-7,10H2,(H,16,17). The molecule has 0 spiro atoms. The van der Waals surface area contributed by atoms with Gasteiger partial charge in [0, 0.05) is 23.9 Å². The van der Waals surface area contributed by atoms with E-state index in [9.17, 15) is 4.79 Å². The van der Waals surface area contributed by atoms with E-state index in [1.54, 1.807) is 0 Å². The number of pyridine rings is 1. The Morgan fingerprint density at radius 3 is 2.83 bits per heavy atom. The monoisotopic (exact) mass is 258 g/mol. The molecule has 2 aromatic heterocycles. The summed E-state index contributed by atoms with van der Waals surface area (Å²) in [6, 6.07) is 9.71. The van der Waals surface area contributed by atoms with Gasteiger partial charge in [-0.25, -0.2) is 0 Å². The molecule has 0 aliphatic heterocycles. The van der Waals surface area contributed by atoms with Crippen LogP contribution in [0.1, 0.15) is 28.2 Å². The highest BCUT2D eigenvalue weighted by Gasteiger charge is 2.45. The first-order chi connectivity index (χ1) is 8.80. The molecule has 1 amide bonds. The minimum atomic E-state index is 0.0206. The zero-order chi connectivity index (χ0) is 12.4. The van der Waals surface area contributed by atoms with Crippen LogP contribution in [0.4, 0.5) is 0 Å². The van der Waals surface area contributed by atoms with E-state index in [2.05, 4.69) is 10.3 Å². The van der Waals surface area contributed by atoms with Crippen LogP contribution >= 0.6 is 11.3 Å². The fourth-order valence-corrected chi connectivity index (χ4v) is 2.74. The molecule has 1 fully saturated rings. The molecule has 18 heavy (non-hydrogen) atoms.